The predicted molar refractivity (Wildman–Crippen MR) is 86.8 cm³/mol. The summed E-state index contributed by atoms with van der Waals surface area (Å²) in [6.45, 7) is 8.20. The number of rotatable bonds is 1. The second-order valence-electron chi connectivity index (χ2n) is 6.91. The Bertz CT molecular complexity index is 524. The van der Waals surface area contributed by atoms with Crippen LogP contribution < -0.4 is 0 Å². The van der Waals surface area contributed by atoms with Crippen molar-refractivity contribution >= 4 is 21.8 Å². The molecule has 2 rings (SSSR count). The molecule has 1 fully saturated rings. The molecule has 21 heavy (non-hydrogen) atoms. The van der Waals surface area contributed by atoms with Gasteiger partial charge in [0.2, 0.25) is 0 Å². The van der Waals surface area contributed by atoms with Crippen molar-refractivity contribution in [2.75, 3.05) is 13.1 Å². The maximum absolute atomic E-state index is 13.9. The highest BCUT2D eigenvalue weighted by Crippen LogP contribution is 2.34. The van der Waals surface area contributed by atoms with Crippen LogP contribution in [0.3, 0.4) is 0 Å². The van der Waals surface area contributed by atoms with Crippen molar-refractivity contribution in [2.45, 2.75) is 40.0 Å². The molecule has 116 valence electrons. The molecule has 1 amide bonds. The van der Waals surface area contributed by atoms with Gasteiger partial charge in [-0.05, 0) is 48.8 Å². The molecule has 1 unspecified atom stereocenters. The van der Waals surface area contributed by atoms with Crippen molar-refractivity contribution in [3.8, 4) is 0 Å². The molecule has 0 saturated carbocycles. The fraction of sp³-hybridized carbons (Fsp3) is 0.588. The Morgan fingerprint density at radius 2 is 2.00 bits per heavy atom. The van der Waals surface area contributed by atoms with Crippen LogP contribution in [-0.4, -0.2) is 23.9 Å². The summed E-state index contributed by atoms with van der Waals surface area (Å²) in [4.78, 5) is 14.3. The Balaban J connectivity index is 2.10. The second kappa shape index (κ2) is 6.47. The minimum absolute atomic E-state index is 0.174. The van der Waals surface area contributed by atoms with Gasteiger partial charge in [0, 0.05) is 17.6 Å². The highest BCUT2D eigenvalue weighted by atomic mass is 79.9. The lowest BCUT2D eigenvalue weighted by atomic mass is 9.77. The summed E-state index contributed by atoms with van der Waals surface area (Å²) < 4.78 is 14.6. The van der Waals surface area contributed by atoms with E-state index in [-0.39, 0.29) is 16.9 Å². The molecule has 0 aliphatic carbocycles. The lowest BCUT2D eigenvalue weighted by Crippen LogP contribution is -2.33. The summed E-state index contributed by atoms with van der Waals surface area (Å²) in [6, 6.07) is 4.63. The average molecular weight is 356 g/mol. The lowest BCUT2D eigenvalue weighted by Gasteiger charge is -2.29. The van der Waals surface area contributed by atoms with Gasteiger partial charge in [0.1, 0.15) is 5.82 Å². The Morgan fingerprint density at radius 3 is 2.62 bits per heavy atom. The second-order valence-corrected chi connectivity index (χ2v) is 7.83. The van der Waals surface area contributed by atoms with Gasteiger partial charge in [-0.25, -0.2) is 4.39 Å². The third-order valence-electron chi connectivity index (χ3n) is 4.40. The fourth-order valence-electron chi connectivity index (χ4n) is 3.00. The van der Waals surface area contributed by atoms with E-state index in [2.05, 4.69) is 36.7 Å². The van der Waals surface area contributed by atoms with Crippen molar-refractivity contribution in [3.63, 3.8) is 0 Å². The number of likely N-dealkylation sites (tertiary alicyclic amines) is 1. The first-order chi connectivity index (χ1) is 9.79. The highest BCUT2D eigenvalue weighted by Gasteiger charge is 2.29. The normalized spacial score (nSPS) is 20.2. The van der Waals surface area contributed by atoms with Crippen LogP contribution in [0.1, 0.15) is 50.4 Å². The Labute approximate surface area is 134 Å². The van der Waals surface area contributed by atoms with Crippen LogP contribution >= 0.6 is 15.9 Å². The van der Waals surface area contributed by atoms with Crippen LogP contribution in [0.5, 0.6) is 0 Å². The number of amides is 1. The third kappa shape index (κ3) is 4.06. The Morgan fingerprint density at radius 1 is 1.29 bits per heavy atom. The Hall–Kier alpha value is -0.900. The van der Waals surface area contributed by atoms with Crippen LogP contribution in [0.15, 0.2) is 22.7 Å². The number of benzene rings is 1. The molecule has 0 aromatic heterocycles. The van der Waals surface area contributed by atoms with Gasteiger partial charge in [-0.3, -0.25) is 4.79 Å². The van der Waals surface area contributed by atoms with Gasteiger partial charge in [0.15, 0.2) is 0 Å². The zero-order valence-corrected chi connectivity index (χ0v) is 14.5. The molecule has 1 aliphatic heterocycles. The van der Waals surface area contributed by atoms with Gasteiger partial charge < -0.3 is 4.90 Å². The first-order valence-corrected chi connectivity index (χ1v) is 8.32. The van der Waals surface area contributed by atoms with Crippen molar-refractivity contribution in [1.82, 2.24) is 4.90 Å². The largest absolute Gasteiger partial charge is 0.339 e. The number of hydrogen-bond acceptors (Lipinski definition) is 1. The topological polar surface area (TPSA) is 20.3 Å². The summed E-state index contributed by atoms with van der Waals surface area (Å²) in [5.41, 5.74) is 0.439. The fourth-order valence-corrected chi connectivity index (χ4v) is 3.33. The zero-order chi connectivity index (χ0) is 15.6. The highest BCUT2D eigenvalue weighted by molar-refractivity contribution is 9.10. The number of nitrogens with zero attached hydrogens (tertiary/aromatic N) is 1. The maximum Gasteiger partial charge on any atom is 0.256 e. The molecule has 1 atom stereocenters. The van der Waals surface area contributed by atoms with Crippen LogP contribution in [0.25, 0.3) is 0 Å². The third-order valence-corrected chi connectivity index (χ3v) is 4.89. The maximum atomic E-state index is 13.9. The SMILES string of the molecule is CC(C)(C)C1CCCN(C(=O)c2ccc(Br)cc2F)CC1. The molecule has 1 saturated heterocycles. The standard InChI is InChI=1S/C17H23BrFNO/c1-17(2,3)12-5-4-9-20(10-8-12)16(21)14-7-6-13(18)11-15(14)19/h6-7,11-12H,4-5,8-10H2,1-3H3. The van der Waals surface area contributed by atoms with Gasteiger partial charge in [0.25, 0.3) is 5.91 Å². The molecular formula is C17H23BrFNO. The summed E-state index contributed by atoms with van der Waals surface area (Å²) in [5, 5.41) is 0. The predicted octanol–water partition coefficient (Wildman–Crippen LogP) is 4.88. The van der Waals surface area contributed by atoms with Gasteiger partial charge in [-0.15, -0.1) is 0 Å². The smallest absolute Gasteiger partial charge is 0.256 e. The van der Waals surface area contributed by atoms with Crippen molar-refractivity contribution in [2.24, 2.45) is 11.3 Å². The summed E-state index contributed by atoms with van der Waals surface area (Å²) in [7, 11) is 0. The van der Waals surface area contributed by atoms with E-state index in [1.54, 1.807) is 17.0 Å². The zero-order valence-electron chi connectivity index (χ0n) is 13.0. The van der Waals surface area contributed by atoms with Gasteiger partial charge in [-0.1, -0.05) is 36.7 Å². The lowest BCUT2D eigenvalue weighted by molar-refractivity contribution is 0.0751. The van der Waals surface area contributed by atoms with E-state index in [0.717, 1.165) is 32.4 Å². The molecule has 4 heteroatoms. The molecule has 1 aromatic rings. The van der Waals surface area contributed by atoms with Crippen molar-refractivity contribution < 1.29 is 9.18 Å². The van der Waals surface area contributed by atoms with Crippen LogP contribution in [0, 0.1) is 17.2 Å². The molecule has 1 aliphatic rings. The minimum Gasteiger partial charge on any atom is -0.339 e. The molecule has 0 radical (unpaired) electrons. The molecule has 0 N–H and O–H groups in total. The monoisotopic (exact) mass is 355 g/mol. The van der Waals surface area contributed by atoms with Crippen molar-refractivity contribution in [3.05, 3.63) is 34.1 Å². The van der Waals surface area contributed by atoms with Gasteiger partial charge in [0.05, 0.1) is 5.56 Å². The van der Waals surface area contributed by atoms with E-state index >= 15 is 0 Å². The molecule has 0 bridgehead atoms. The van der Waals surface area contributed by atoms with E-state index < -0.39 is 5.82 Å². The van der Waals surface area contributed by atoms with E-state index in [0.29, 0.717) is 10.4 Å². The number of hydrogen-bond donors (Lipinski definition) is 0. The van der Waals surface area contributed by atoms with Crippen molar-refractivity contribution in [1.29, 1.82) is 0 Å². The number of halogens is 2. The quantitative estimate of drug-likeness (QED) is 0.703. The number of carbonyl (C=O) groups excluding carboxylic acids is 1. The summed E-state index contributed by atoms with van der Waals surface area (Å²) in [5.74, 6) is -0.0226. The number of carbonyl (C=O) groups is 1. The summed E-state index contributed by atoms with van der Waals surface area (Å²) in [6.07, 6.45) is 3.12. The first kappa shape index (κ1) is 16.5. The molecule has 1 heterocycles. The summed E-state index contributed by atoms with van der Waals surface area (Å²) >= 11 is 3.22. The van der Waals surface area contributed by atoms with Gasteiger partial charge >= 0.3 is 0 Å². The molecular weight excluding hydrogens is 333 g/mol. The van der Waals surface area contributed by atoms with E-state index in [4.69, 9.17) is 0 Å². The molecule has 0 spiro atoms. The Kier molecular flexibility index (Phi) is 5.07. The van der Waals surface area contributed by atoms with E-state index in [1.165, 1.54) is 6.07 Å². The molecule has 1 aromatic carbocycles. The first-order valence-electron chi connectivity index (χ1n) is 7.53. The van der Waals surface area contributed by atoms with Crippen LogP contribution in [0.4, 0.5) is 4.39 Å². The molecule has 2 nitrogen and oxygen atoms in total. The van der Waals surface area contributed by atoms with E-state index in [1.807, 2.05) is 0 Å². The average Bonchev–Trinajstić information content (AvgIpc) is 2.63. The van der Waals surface area contributed by atoms with Gasteiger partial charge in [-0.2, -0.15) is 0 Å². The van der Waals surface area contributed by atoms with E-state index in [9.17, 15) is 9.18 Å². The minimum atomic E-state index is -0.453. The van der Waals surface area contributed by atoms with Crippen LogP contribution in [-0.2, 0) is 0 Å². The van der Waals surface area contributed by atoms with Crippen LogP contribution in [0.2, 0.25) is 0 Å².